The summed E-state index contributed by atoms with van der Waals surface area (Å²) >= 11 is 6.34. The summed E-state index contributed by atoms with van der Waals surface area (Å²) < 4.78 is 20.4. The van der Waals surface area contributed by atoms with Crippen LogP contribution in [0.4, 0.5) is 26.2 Å². The van der Waals surface area contributed by atoms with E-state index in [0.717, 1.165) is 30.8 Å². The third-order valence-corrected chi connectivity index (χ3v) is 6.56. The molecule has 2 aromatic heterocycles. The van der Waals surface area contributed by atoms with Crippen LogP contribution in [-0.2, 0) is 0 Å². The molecule has 11 heteroatoms. The smallest absolute Gasteiger partial charge is 0.323 e. The number of pyridine rings is 1. The highest BCUT2D eigenvalue weighted by Crippen LogP contribution is 2.30. The second-order valence-corrected chi connectivity index (χ2v) is 9.67. The first-order valence-electron chi connectivity index (χ1n) is 12.1. The van der Waals surface area contributed by atoms with Gasteiger partial charge in [0.1, 0.15) is 17.3 Å². The number of urea groups is 1. The number of likely N-dealkylation sites (N-methyl/N-ethyl adjacent to an activating group) is 1. The van der Waals surface area contributed by atoms with Crippen molar-refractivity contribution in [1.29, 1.82) is 0 Å². The van der Waals surface area contributed by atoms with E-state index in [4.69, 9.17) is 16.3 Å². The second-order valence-electron chi connectivity index (χ2n) is 9.24. The number of amides is 2. The summed E-state index contributed by atoms with van der Waals surface area (Å²) in [7, 11) is 4.14. The van der Waals surface area contributed by atoms with Gasteiger partial charge in [-0.05, 0) is 56.9 Å². The van der Waals surface area contributed by atoms with E-state index in [1.165, 1.54) is 18.2 Å². The summed E-state index contributed by atoms with van der Waals surface area (Å²) in [5.41, 5.74) is 2.88. The maximum atomic E-state index is 14.5. The summed E-state index contributed by atoms with van der Waals surface area (Å²) in [6, 6.07) is 12.8. The molecule has 5 rings (SSSR count). The van der Waals surface area contributed by atoms with Crippen LogP contribution in [0.25, 0.3) is 11.3 Å². The molecule has 0 saturated carbocycles. The Morgan fingerprint density at radius 1 is 1.16 bits per heavy atom. The summed E-state index contributed by atoms with van der Waals surface area (Å²) in [5, 5.41) is 12.5. The molecule has 196 valence electrons. The second kappa shape index (κ2) is 11.1. The van der Waals surface area contributed by atoms with Crippen LogP contribution in [-0.4, -0.2) is 59.3 Å². The Kier molecular flexibility index (Phi) is 7.43. The first-order valence-corrected chi connectivity index (χ1v) is 12.4. The first-order chi connectivity index (χ1) is 18.3. The molecule has 0 spiro atoms. The van der Waals surface area contributed by atoms with E-state index < -0.39 is 11.8 Å². The number of hydrogen-bond donors (Lipinski definition) is 3. The molecule has 1 fully saturated rings. The minimum absolute atomic E-state index is 0.0280. The van der Waals surface area contributed by atoms with Crippen LogP contribution in [0.5, 0.6) is 11.5 Å². The molecular weight excluding hydrogens is 509 g/mol. The van der Waals surface area contributed by atoms with Gasteiger partial charge in [0.2, 0.25) is 0 Å². The fraction of sp³-hybridized carbons (Fsp3) is 0.222. The van der Waals surface area contributed by atoms with Gasteiger partial charge in [-0.15, -0.1) is 0 Å². The van der Waals surface area contributed by atoms with Gasteiger partial charge >= 0.3 is 6.03 Å². The Balaban J connectivity index is 1.26. The summed E-state index contributed by atoms with van der Waals surface area (Å²) in [6.07, 6.45) is 6.03. The molecule has 1 aliphatic heterocycles. The molecule has 2 amide bonds. The molecule has 0 bridgehead atoms. The van der Waals surface area contributed by atoms with Crippen LogP contribution in [0, 0.1) is 5.82 Å². The number of carbonyl (C=O) groups excluding carboxylic acids is 1. The Morgan fingerprint density at radius 3 is 2.76 bits per heavy atom. The highest BCUT2D eigenvalue weighted by Gasteiger charge is 2.24. The fourth-order valence-electron chi connectivity index (χ4n) is 4.33. The van der Waals surface area contributed by atoms with Gasteiger partial charge in [-0.25, -0.2) is 9.18 Å². The lowest BCUT2D eigenvalue weighted by Crippen LogP contribution is -2.31. The maximum absolute atomic E-state index is 14.5. The monoisotopic (exact) mass is 535 g/mol. The fourth-order valence-corrected chi connectivity index (χ4v) is 4.56. The lowest BCUT2D eigenvalue weighted by molar-refractivity contribution is 0.262. The highest BCUT2D eigenvalue weighted by atomic mass is 35.5. The zero-order chi connectivity index (χ0) is 26.6. The standard InChI is InChI=1S/C27H27ClFN7O2/c1-35(2)20-6-8-36(16-20)21-10-18(28)9-19(11-21)33-27(37)34-26-13-22(3-4-24(26)29)38-23-5-7-30-25(12-23)17-14-31-32-15-17/h3-5,7,9-15,20H,6,8,16H2,1-2H3,(H,31,32)(H2,33,34,37). The van der Waals surface area contributed by atoms with Gasteiger partial charge in [-0.2, -0.15) is 5.10 Å². The van der Waals surface area contributed by atoms with Crippen molar-refractivity contribution in [2.45, 2.75) is 12.5 Å². The number of aromatic nitrogens is 3. The number of aromatic amines is 1. The van der Waals surface area contributed by atoms with E-state index >= 15 is 0 Å². The van der Waals surface area contributed by atoms with Gasteiger partial charge in [0.05, 0.1) is 17.6 Å². The van der Waals surface area contributed by atoms with E-state index in [2.05, 4.69) is 49.7 Å². The number of ether oxygens (including phenoxy) is 1. The largest absolute Gasteiger partial charge is 0.457 e. The molecule has 3 heterocycles. The molecule has 9 nitrogen and oxygen atoms in total. The Morgan fingerprint density at radius 2 is 2.00 bits per heavy atom. The van der Waals surface area contributed by atoms with Crippen LogP contribution >= 0.6 is 11.6 Å². The Bertz CT molecular complexity index is 1430. The lowest BCUT2D eigenvalue weighted by Gasteiger charge is -2.22. The van der Waals surface area contributed by atoms with Gasteiger partial charge in [-0.3, -0.25) is 10.1 Å². The van der Waals surface area contributed by atoms with Gasteiger partial charge < -0.3 is 25.2 Å². The van der Waals surface area contributed by atoms with Crippen LogP contribution < -0.4 is 20.3 Å². The summed E-state index contributed by atoms with van der Waals surface area (Å²) in [5.74, 6) is 0.253. The molecule has 1 unspecified atom stereocenters. The molecule has 2 aromatic carbocycles. The van der Waals surface area contributed by atoms with Crippen molar-refractivity contribution in [3.63, 3.8) is 0 Å². The number of nitrogens with one attached hydrogen (secondary N) is 3. The average molecular weight is 536 g/mol. The highest BCUT2D eigenvalue weighted by molar-refractivity contribution is 6.31. The minimum atomic E-state index is -0.604. The van der Waals surface area contributed by atoms with E-state index in [0.29, 0.717) is 33.9 Å². The third-order valence-electron chi connectivity index (χ3n) is 6.35. The van der Waals surface area contributed by atoms with E-state index in [9.17, 15) is 9.18 Å². The molecule has 1 saturated heterocycles. The van der Waals surface area contributed by atoms with Crippen LogP contribution in [0.3, 0.4) is 0 Å². The average Bonchev–Trinajstić information content (AvgIpc) is 3.59. The van der Waals surface area contributed by atoms with Crippen molar-refractivity contribution in [2.75, 3.05) is 42.7 Å². The molecule has 3 N–H and O–H groups in total. The number of H-pyrrole nitrogens is 1. The topological polar surface area (TPSA) is 98.4 Å². The molecule has 0 aliphatic carbocycles. The normalized spacial score (nSPS) is 15.1. The predicted molar refractivity (Wildman–Crippen MR) is 147 cm³/mol. The van der Waals surface area contributed by atoms with Gasteiger partial charge in [0, 0.05) is 65.6 Å². The molecule has 4 aromatic rings. The van der Waals surface area contributed by atoms with Gasteiger partial charge in [0.15, 0.2) is 0 Å². The number of rotatable bonds is 7. The lowest BCUT2D eigenvalue weighted by atomic mass is 10.2. The number of nitrogens with zero attached hydrogens (tertiary/aromatic N) is 4. The third kappa shape index (κ3) is 6.04. The van der Waals surface area contributed by atoms with Crippen LogP contribution in [0.15, 0.2) is 67.1 Å². The zero-order valence-electron chi connectivity index (χ0n) is 20.9. The number of benzene rings is 2. The number of hydrogen-bond acceptors (Lipinski definition) is 6. The van der Waals surface area contributed by atoms with Crippen molar-refractivity contribution >= 4 is 34.7 Å². The molecular formula is C27H27ClFN7O2. The maximum Gasteiger partial charge on any atom is 0.323 e. The van der Waals surface area contributed by atoms with E-state index in [1.807, 2.05) is 12.1 Å². The van der Waals surface area contributed by atoms with Crippen molar-refractivity contribution in [2.24, 2.45) is 0 Å². The minimum Gasteiger partial charge on any atom is -0.457 e. The SMILES string of the molecule is CN(C)C1CCN(c2cc(Cl)cc(NC(=O)Nc3cc(Oc4ccnc(-c5cn[nH]c5)c4)ccc3F)c2)C1. The Hall–Kier alpha value is -4.15. The summed E-state index contributed by atoms with van der Waals surface area (Å²) in [6.45, 7) is 1.77. The number of halogens is 2. The van der Waals surface area contributed by atoms with E-state index in [1.54, 1.807) is 36.8 Å². The van der Waals surface area contributed by atoms with Gasteiger partial charge in [0.25, 0.3) is 0 Å². The van der Waals surface area contributed by atoms with Crippen LogP contribution in [0.2, 0.25) is 5.02 Å². The molecule has 1 atom stereocenters. The van der Waals surface area contributed by atoms with Crippen LogP contribution in [0.1, 0.15) is 6.42 Å². The zero-order valence-corrected chi connectivity index (χ0v) is 21.7. The quantitative estimate of drug-likeness (QED) is 0.275. The summed E-state index contributed by atoms with van der Waals surface area (Å²) in [4.78, 5) is 21.5. The first kappa shape index (κ1) is 25.5. The molecule has 1 aliphatic rings. The van der Waals surface area contributed by atoms with Gasteiger partial charge in [-0.1, -0.05) is 11.6 Å². The van der Waals surface area contributed by atoms with Crippen molar-refractivity contribution in [1.82, 2.24) is 20.1 Å². The number of anilines is 3. The predicted octanol–water partition coefficient (Wildman–Crippen LogP) is 5.84. The Labute approximate surface area is 224 Å². The number of carbonyl (C=O) groups is 1. The molecule has 38 heavy (non-hydrogen) atoms. The van der Waals surface area contributed by atoms with E-state index in [-0.39, 0.29) is 5.69 Å². The molecule has 0 radical (unpaired) electrons. The van der Waals surface area contributed by atoms with Crippen molar-refractivity contribution < 1.29 is 13.9 Å². The van der Waals surface area contributed by atoms with Crippen molar-refractivity contribution in [3.05, 3.63) is 78.0 Å². The van der Waals surface area contributed by atoms with Crippen molar-refractivity contribution in [3.8, 4) is 22.8 Å².